The fourth-order valence-corrected chi connectivity index (χ4v) is 2.95. The summed E-state index contributed by atoms with van der Waals surface area (Å²) in [4.78, 5) is -0.742. The molecule has 2 rings (SSSR count). The smallest absolute Gasteiger partial charge is 0.228 e. The lowest BCUT2D eigenvalue weighted by molar-refractivity contribution is 0.521. The summed E-state index contributed by atoms with van der Waals surface area (Å²) in [7, 11) is -4.22. The molecule has 0 spiro atoms. The van der Waals surface area contributed by atoms with Crippen molar-refractivity contribution < 1.29 is 17.2 Å². The molecular weight excluding hydrogens is 328 g/mol. The van der Waals surface area contributed by atoms with Crippen LogP contribution in [-0.2, 0) is 23.1 Å². The normalized spacial score (nSPS) is 11.8. The maximum absolute atomic E-state index is 13.8. The zero-order valence-corrected chi connectivity index (χ0v) is 13.6. The molecule has 0 bridgehead atoms. The Morgan fingerprint density at radius 3 is 2.70 bits per heavy atom. The first-order valence-corrected chi connectivity index (χ1v) is 8.54. The Labute approximate surface area is 132 Å². The van der Waals surface area contributed by atoms with Crippen LogP contribution in [0.4, 0.5) is 8.78 Å². The van der Waals surface area contributed by atoms with E-state index in [2.05, 4.69) is 20.2 Å². The molecule has 1 heterocycles. The van der Waals surface area contributed by atoms with E-state index in [-0.39, 0.29) is 12.1 Å². The molecule has 0 amide bonds. The Bertz CT molecular complexity index is 792. The van der Waals surface area contributed by atoms with Gasteiger partial charge in [0.15, 0.2) is 5.82 Å². The molecule has 0 aliphatic heterocycles. The topological polar surface area (TPSA) is 89.8 Å². The Balaban J connectivity index is 2.17. The third-order valence-corrected chi connectivity index (χ3v) is 4.67. The minimum Gasteiger partial charge on any atom is -0.228 e. The molecule has 0 atom stereocenters. The number of aromatic nitrogens is 4. The van der Waals surface area contributed by atoms with Crippen LogP contribution in [-0.4, -0.2) is 28.6 Å². The van der Waals surface area contributed by atoms with Crippen molar-refractivity contribution in [1.29, 1.82) is 0 Å². The lowest BCUT2D eigenvalue weighted by Gasteiger charge is -2.09. The van der Waals surface area contributed by atoms with Crippen LogP contribution >= 0.6 is 0 Å². The Kier molecular flexibility index (Phi) is 5.37. The number of sulfonamides is 1. The molecular formula is C13H17F2N5O2S. The van der Waals surface area contributed by atoms with Gasteiger partial charge in [-0.25, -0.2) is 26.6 Å². The van der Waals surface area contributed by atoms with Crippen molar-refractivity contribution in [2.75, 3.05) is 0 Å². The number of unbranched alkanes of at least 4 members (excludes halogenated alkanes) is 1. The van der Waals surface area contributed by atoms with Gasteiger partial charge >= 0.3 is 0 Å². The number of halogens is 2. The second-order valence-corrected chi connectivity index (χ2v) is 6.76. The second-order valence-electron chi connectivity index (χ2n) is 5.03. The molecule has 1 N–H and O–H groups in total. The van der Waals surface area contributed by atoms with E-state index in [1.165, 1.54) is 11.6 Å². The first-order valence-electron chi connectivity index (χ1n) is 7.05. The summed E-state index contributed by atoms with van der Waals surface area (Å²) in [5, 5.41) is 11.0. The zero-order valence-electron chi connectivity index (χ0n) is 12.8. The largest absolute Gasteiger partial charge is 0.244 e. The molecule has 10 heteroatoms. The van der Waals surface area contributed by atoms with Crippen LogP contribution in [0, 0.1) is 18.6 Å². The highest BCUT2D eigenvalue weighted by molar-refractivity contribution is 7.89. The maximum Gasteiger partial charge on any atom is 0.244 e. The van der Waals surface area contributed by atoms with Crippen LogP contribution in [0.1, 0.15) is 31.2 Å². The van der Waals surface area contributed by atoms with Gasteiger partial charge < -0.3 is 0 Å². The summed E-state index contributed by atoms with van der Waals surface area (Å²) < 4.78 is 55.3. The van der Waals surface area contributed by atoms with Crippen molar-refractivity contribution in [3.63, 3.8) is 0 Å². The van der Waals surface area contributed by atoms with E-state index in [4.69, 9.17) is 0 Å². The Morgan fingerprint density at radius 2 is 2.00 bits per heavy atom. The molecule has 0 fully saturated rings. The van der Waals surface area contributed by atoms with Gasteiger partial charge in [0, 0.05) is 6.54 Å². The molecule has 1 aromatic heterocycles. The van der Waals surface area contributed by atoms with Gasteiger partial charge in [-0.2, -0.15) is 0 Å². The summed E-state index contributed by atoms with van der Waals surface area (Å²) in [6.07, 6.45) is 1.77. The third kappa shape index (κ3) is 4.08. The molecule has 0 saturated heterocycles. The van der Waals surface area contributed by atoms with E-state index in [0.29, 0.717) is 18.4 Å². The lowest BCUT2D eigenvalue weighted by Crippen LogP contribution is -2.26. The van der Waals surface area contributed by atoms with E-state index in [0.717, 1.165) is 18.9 Å². The van der Waals surface area contributed by atoms with E-state index in [9.17, 15) is 17.2 Å². The Morgan fingerprint density at radius 1 is 1.26 bits per heavy atom. The standard InChI is InChI=1S/C13H17F2N5O2S/c1-3-4-5-20-13(17-18-19-20)8-16-23(21,22)12-7-10(14)9(2)6-11(12)15/h6-7,16H,3-5,8H2,1-2H3. The number of tetrazole rings is 1. The molecule has 1 aromatic carbocycles. The molecule has 2 aromatic rings. The molecule has 0 aliphatic carbocycles. The van der Waals surface area contributed by atoms with Crippen molar-refractivity contribution in [2.24, 2.45) is 0 Å². The van der Waals surface area contributed by atoms with Crippen molar-refractivity contribution >= 4 is 10.0 Å². The van der Waals surface area contributed by atoms with E-state index >= 15 is 0 Å². The van der Waals surface area contributed by atoms with Gasteiger partial charge in [0.2, 0.25) is 10.0 Å². The summed E-state index contributed by atoms with van der Waals surface area (Å²) in [6, 6.07) is 1.50. The second kappa shape index (κ2) is 7.09. The summed E-state index contributed by atoms with van der Waals surface area (Å²) in [5.74, 6) is -1.50. The number of rotatable bonds is 7. The number of hydrogen-bond donors (Lipinski definition) is 1. The molecule has 7 nitrogen and oxygen atoms in total. The molecule has 0 radical (unpaired) electrons. The minimum atomic E-state index is -4.22. The molecule has 0 unspecified atom stereocenters. The van der Waals surface area contributed by atoms with Gasteiger partial charge in [0.25, 0.3) is 0 Å². The van der Waals surface area contributed by atoms with Crippen molar-refractivity contribution in [3.8, 4) is 0 Å². The first kappa shape index (κ1) is 17.4. The number of benzene rings is 1. The van der Waals surface area contributed by atoms with Crippen LogP contribution in [0.15, 0.2) is 17.0 Å². The Hall–Kier alpha value is -1.94. The average Bonchev–Trinajstić information content (AvgIpc) is 2.94. The predicted molar refractivity (Wildman–Crippen MR) is 77.8 cm³/mol. The summed E-state index contributed by atoms with van der Waals surface area (Å²) in [6.45, 7) is 3.69. The minimum absolute atomic E-state index is 0.0324. The van der Waals surface area contributed by atoms with E-state index in [1.807, 2.05) is 6.92 Å². The van der Waals surface area contributed by atoms with Gasteiger partial charge in [-0.3, -0.25) is 0 Å². The van der Waals surface area contributed by atoms with Gasteiger partial charge in [0.1, 0.15) is 16.5 Å². The van der Waals surface area contributed by atoms with Gasteiger partial charge in [0.05, 0.1) is 6.54 Å². The fourth-order valence-electron chi connectivity index (χ4n) is 1.90. The van der Waals surface area contributed by atoms with E-state index < -0.39 is 26.6 Å². The van der Waals surface area contributed by atoms with Crippen LogP contribution in [0.25, 0.3) is 0 Å². The summed E-state index contributed by atoms with van der Waals surface area (Å²) >= 11 is 0. The van der Waals surface area contributed by atoms with Gasteiger partial charge in [-0.1, -0.05) is 13.3 Å². The maximum atomic E-state index is 13.8. The predicted octanol–water partition coefficient (Wildman–Crippen LogP) is 1.54. The molecule has 0 saturated carbocycles. The number of nitrogens with zero attached hydrogens (tertiary/aromatic N) is 4. The third-order valence-electron chi connectivity index (χ3n) is 3.25. The zero-order chi connectivity index (χ0) is 17.0. The SMILES string of the molecule is CCCCn1nnnc1CNS(=O)(=O)c1cc(F)c(C)cc1F. The van der Waals surface area contributed by atoms with Crippen LogP contribution in [0.2, 0.25) is 0 Å². The van der Waals surface area contributed by atoms with Crippen molar-refractivity contribution in [1.82, 2.24) is 24.9 Å². The highest BCUT2D eigenvalue weighted by Gasteiger charge is 2.22. The van der Waals surface area contributed by atoms with Crippen molar-refractivity contribution in [2.45, 2.75) is 44.7 Å². The lowest BCUT2D eigenvalue weighted by atomic mass is 10.2. The van der Waals surface area contributed by atoms with Crippen LogP contribution in [0.5, 0.6) is 0 Å². The van der Waals surface area contributed by atoms with Crippen LogP contribution < -0.4 is 4.72 Å². The van der Waals surface area contributed by atoms with Crippen LogP contribution in [0.3, 0.4) is 0 Å². The molecule has 23 heavy (non-hydrogen) atoms. The molecule has 0 aliphatic rings. The van der Waals surface area contributed by atoms with Gasteiger partial charge in [-0.05, 0) is 41.5 Å². The number of aryl methyl sites for hydroxylation is 2. The summed E-state index contributed by atoms with van der Waals surface area (Å²) in [5.41, 5.74) is 0.0324. The monoisotopic (exact) mass is 345 g/mol. The first-order chi connectivity index (χ1) is 10.8. The number of nitrogens with one attached hydrogen (secondary N) is 1. The molecule has 126 valence electrons. The highest BCUT2D eigenvalue weighted by Crippen LogP contribution is 2.19. The average molecular weight is 345 g/mol. The van der Waals surface area contributed by atoms with Crippen molar-refractivity contribution in [3.05, 3.63) is 35.2 Å². The fraction of sp³-hybridized carbons (Fsp3) is 0.462. The van der Waals surface area contributed by atoms with Gasteiger partial charge in [-0.15, -0.1) is 5.10 Å². The van der Waals surface area contributed by atoms with E-state index in [1.54, 1.807) is 0 Å². The quantitative estimate of drug-likeness (QED) is 0.822. The number of hydrogen-bond acceptors (Lipinski definition) is 5. The highest BCUT2D eigenvalue weighted by atomic mass is 32.2.